The number of nitrogens with one attached hydrogen (secondary N) is 2. The molecule has 0 bridgehead atoms. The van der Waals surface area contributed by atoms with E-state index in [9.17, 15) is 9.59 Å². The summed E-state index contributed by atoms with van der Waals surface area (Å²) in [7, 11) is 1.81. The van der Waals surface area contributed by atoms with E-state index in [1.165, 1.54) is 0 Å². The predicted octanol–water partition coefficient (Wildman–Crippen LogP) is 0.648. The van der Waals surface area contributed by atoms with Gasteiger partial charge < -0.3 is 15.0 Å². The molecule has 1 fully saturated rings. The van der Waals surface area contributed by atoms with Gasteiger partial charge in [-0.05, 0) is 32.8 Å². The van der Waals surface area contributed by atoms with Crippen LogP contribution in [0.15, 0.2) is 4.79 Å². The summed E-state index contributed by atoms with van der Waals surface area (Å²) in [6, 6.07) is 0.275. The molecule has 148 valence electrons. The summed E-state index contributed by atoms with van der Waals surface area (Å²) >= 11 is 0. The molecule has 3 heterocycles. The highest BCUT2D eigenvalue weighted by molar-refractivity contribution is 5.83. The molecule has 8 nitrogen and oxygen atoms in total. The molecule has 8 heteroatoms. The van der Waals surface area contributed by atoms with Gasteiger partial charge in [-0.2, -0.15) is 5.10 Å². The number of ether oxygens (including phenoxy) is 1. The number of fused-ring (bicyclic) bond motifs is 1. The second kappa shape index (κ2) is 8.22. The van der Waals surface area contributed by atoms with Gasteiger partial charge in [-0.15, -0.1) is 0 Å². The Bertz CT molecular complexity index is 880. The van der Waals surface area contributed by atoms with Crippen LogP contribution in [0.1, 0.15) is 30.2 Å². The molecule has 2 N–H and O–H groups in total. The molecule has 0 aromatic carbocycles. The van der Waals surface area contributed by atoms with Gasteiger partial charge in [0.15, 0.2) is 0 Å². The summed E-state index contributed by atoms with van der Waals surface area (Å²) in [6.07, 6.45) is 0.716. The molecule has 1 unspecified atom stereocenters. The summed E-state index contributed by atoms with van der Waals surface area (Å²) in [6.45, 7) is 9.87. The number of amides is 1. The molecule has 0 aliphatic carbocycles. The first-order valence-electron chi connectivity index (χ1n) is 9.52. The summed E-state index contributed by atoms with van der Waals surface area (Å²) in [5.74, 6) is -0.0306. The third kappa shape index (κ3) is 4.22. The molecular weight excluding hydrogens is 346 g/mol. The molecule has 0 radical (unpaired) electrons. The third-order valence-corrected chi connectivity index (χ3v) is 5.42. The largest absolute Gasteiger partial charge is 0.379 e. The minimum atomic E-state index is -0.141. The summed E-state index contributed by atoms with van der Waals surface area (Å²) in [5.41, 5.74) is 3.04. The van der Waals surface area contributed by atoms with Crippen molar-refractivity contribution in [3.8, 4) is 0 Å². The van der Waals surface area contributed by atoms with Crippen LogP contribution in [0, 0.1) is 13.8 Å². The lowest BCUT2D eigenvalue weighted by Crippen LogP contribution is -2.47. The van der Waals surface area contributed by atoms with Crippen LogP contribution in [-0.4, -0.2) is 64.5 Å². The molecule has 3 rings (SSSR count). The van der Waals surface area contributed by atoms with Crippen molar-refractivity contribution in [1.29, 1.82) is 0 Å². The van der Waals surface area contributed by atoms with Crippen molar-refractivity contribution >= 4 is 16.9 Å². The van der Waals surface area contributed by atoms with Crippen LogP contribution in [0.25, 0.3) is 11.0 Å². The van der Waals surface area contributed by atoms with E-state index in [4.69, 9.17) is 4.74 Å². The van der Waals surface area contributed by atoms with Gasteiger partial charge in [-0.3, -0.25) is 19.2 Å². The predicted molar refractivity (Wildman–Crippen MR) is 104 cm³/mol. The van der Waals surface area contributed by atoms with Crippen LogP contribution in [0.2, 0.25) is 0 Å². The van der Waals surface area contributed by atoms with Gasteiger partial charge in [-0.25, -0.2) is 0 Å². The first-order valence-corrected chi connectivity index (χ1v) is 9.52. The van der Waals surface area contributed by atoms with E-state index in [1.54, 1.807) is 4.68 Å². The van der Waals surface area contributed by atoms with E-state index in [1.807, 2.05) is 20.9 Å². The Balaban J connectivity index is 1.60. The van der Waals surface area contributed by atoms with Gasteiger partial charge >= 0.3 is 0 Å². The second-order valence-corrected chi connectivity index (χ2v) is 7.29. The lowest BCUT2D eigenvalue weighted by Gasteiger charge is -2.32. The zero-order valence-electron chi connectivity index (χ0n) is 16.6. The van der Waals surface area contributed by atoms with Crippen molar-refractivity contribution in [3.63, 3.8) is 0 Å². The average molecular weight is 375 g/mol. The topological polar surface area (TPSA) is 92.2 Å². The fourth-order valence-corrected chi connectivity index (χ4v) is 3.79. The minimum absolute atomic E-state index is 0.0306. The molecule has 2 aromatic heterocycles. The molecule has 1 amide bonds. The van der Waals surface area contributed by atoms with Gasteiger partial charge in [0.2, 0.25) is 5.91 Å². The first-order chi connectivity index (χ1) is 12.9. The number of aryl methyl sites for hydroxylation is 3. The average Bonchev–Trinajstić information content (AvgIpc) is 2.93. The van der Waals surface area contributed by atoms with E-state index in [0.717, 1.165) is 48.6 Å². The van der Waals surface area contributed by atoms with Crippen molar-refractivity contribution < 1.29 is 9.53 Å². The molecule has 2 aromatic rings. The molecule has 27 heavy (non-hydrogen) atoms. The van der Waals surface area contributed by atoms with Crippen molar-refractivity contribution in [2.45, 2.75) is 39.7 Å². The highest BCUT2D eigenvalue weighted by Crippen LogP contribution is 2.21. The number of nitrogens with zero attached hydrogens (tertiary/aromatic N) is 3. The third-order valence-electron chi connectivity index (χ3n) is 5.42. The Morgan fingerprint density at radius 3 is 2.74 bits per heavy atom. The molecule has 1 aliphatic rings. The van der Waals surface area contributed by atoms with E-state index in [-0.39, 0.29) is 17.5 Å². The quantitative estimate of drug-likeness (QED) is 0.773. The van der Waals surface area contributed by atoms with Crippen LogP contribution in [0.4, 0.5) is 0 Å². The Hall–Kier alpha value is -2.19. The smallest absolute Gasteiger partial charge is 0.253 e. The van der Waals surface area contributed by atoms with Crippen LogP contribution in [0.3, 0.4) is 0 Å². The molecule has 0 saturated carbocycles. The fourth-order valence-electron chi connectivity index (χ4n) is 3.79. The van der Waals surface area contributed by atoms with Gasteiger partial charge in [-0.1, -0.05) is 0 Å². The van der Waals surface area contributed by atoms with Crippen molar-refractivity contribution in [2.24, 2.45) is 7.05 Å². The maximum absolute atomic E-state index is 12.5. The van der Waals surface area contributed by atoms with Crippen LogP contribution >= 0.6 is 0 Å². The van der Waals surface area contributed by atoms with Gasteiger partial charge in [0, 0.05) is 50.1 Å². The van der Waals surface area contributed by atoms with E-state index in [0.29, 0.717) is 24.9 Å². The normalized spacial score (nSPS) is 16.6. The van der Waals surface area contributed by atoms with Gasteiger partial charge in [0.1, 0.15) is 5.65 Å². The lowest BCUT2D eigenvalue weighted by atomic mass is 10.0. The number of carbonyl (C=O) groups is 1. The highest BCUT2D eigenvalue weighted by Gasteiger charge is 2.18. The minimum Gasteiger partial charge on any atom is -0.379 e. The number of carbonyl (C=O) groups excluding carboxylic acids is 1. The summed E-state index contributed by atoms with van der Waals surface area (Å²) in [5, 5.41) is 8.33. The Labute approximate surface area is 158 Å². The number of hydrogen-bond acceptors (Lipinski definition) is 5. The van der Waals surface area contributed by atoms with Crippen LogP contribution in [-0.2, 0) is 23.0 Å². The molecule has 1 saturated heterocycles. The van der Waals surface area contributed by atoms with Gasteiger partial charge in [0.25, 0.3) is 5.56 Å². The zero-order valence-corrected chi connectivity index (χ0v) is 16.6. The first kappa shape index (κ1) is 19.6. The number of aromatic nitrogens is 3. The number of rotatable bonds is 6. The molecule has 0 spiro atoms. The Morgan fingerprint density at radius 1 is 1.33 bits per heavy atom. The molecule has 1 atom stereocenters. The maximum atomic E-state index is 12.5. The summed E-state index contributed by atoms with van der Waals surface area (Å²) in [4.78, 5) is 29.9. The molecule has 1 aliphatic heterocycles. The Kier molecular flexibility index (Phi) is 5.96. The zero-order chi connectivity index (χ0) is 19.6. The summed E-state index contributed by atoms with van der Waals surface area (Å²) < 4.78 is 7.04. The molecular formula is C19H29N5O3. The Morgan fingerprint density at radius 2 is 2.04 bits per heavy atom. The highest BCUT2D eigenvalue weighted by atomic mass is 16.5. The number of pyridine rings is 1. The van der Waals surface area contributed by atoms with Crippen molar-refractivity contribution in [1.82, 2.24) is 25.0 Å². The van der Waals surface area contributed by atoms with Crippen molar-refractivity contribution in [2.75, 3.05) is 32.8 Å². The number of H-pyrrole nitrogens is 1. The van der Waals surface area contributed by atoms with Crippen molar-refractivity contribution in [3.05, 3.63) is 27.2 Å². The lowest BCUT2D eigenvalue weighted by molar-refractivity contribution is -0.121. The fraction of sp³-hybridized carbons (Fsp3) is 0.632. The SMILES string of the molecule is Cc1nn(C)c2[nH]c(=O)c(CCC(=O)NCC(C)N3CCOCC3)c(C)c12. The van der Waals surface area contributed by atoms with Crippen LogP contribution < -0.4 is 10.9 Å². The number of aromatic amines is 1. The monoisotopic (exact) mass is 375 g/mol. The van der Waals surface area contributed by atoms with Crippen LogP contribution in [0.5, 0.6) is 0 Å². The maximum Gasteiger partial charge on any atom is 0.253 e. The van der Waals surface area contributed by atoms with Gasteiger partial charge in [0.05, 0.1) is 18.9 Å². The number of morpholine rings is 1. The second-order valence-electron chi connectivity index (χ2n) is 7.29. The standard InChI is InChI=1S/C19H29N5O3/c1-12(24-7-9-27-10-8-24)11-20-16(25)6-5-15-13(2)17-14(3)22-23(4)18(17)21-19(15)26/h12H,5-11H2,1-4H3,(H,20,25)(H,21,26). The number of hydrogen-bond donors (Lipinski definition) is 2. The van der Waals surface area contributed by atoms with E-state index < -0.39 is 0 Å². The van der Waals surface area contributed by atoms with E-state index >= 15 is 0 Å². The van der Waals surface area contributed by atoms with E-state index in [2.05, 4.69) is 27.2 Å².